The summed E-state index contributed by atoms with van der Waals surface area (Å²) in [5.74, 6) is 0.764. The lowest BCUT2D eigenvalue weighted by atomic mass is 10.0. The van der Waals surface area contributed by atoms with Crippen LogP contribution in [0.25, 0.3) is 10.4 Å². The number of benzene rings is 2. The maximum atomic E-state index is 12.4. The molecule has 0 amide bonds. The molecular formula is C19H20BrN3O2. The molecule has 0 atom stereocenters. The van der Waals surface area contributed by atoms with Gasteiger partial charge in [0.25, 0.3) is 0 Å². The molecule has 6 heteroatoms. The Morgan fingerprint density at radius 3 is 2.20 bits per heavy atom. The topological polar surface area (TPSA) is 75.1 Å². The number of carbonyl (C=O) groups is 1. The number of hydrogen-bond donors (Lipinski definition) is 0. The van der Waals surface area contributed by atoms with Gasteiger partial charge in [0.2, 0.25) is 0 Å². The Labute approximate surface area is 155 Å². The second-order valence-electron chi connectivity index (χ2n) is 5.58. The fourth-order valence-corrected chi connectivity index (χ4v) is 2.61. The highest BCUT2D eigenvalue weighted by molar-refractivity contribution is 9.10. The van der Waals surface area contributed by atoms with Crippen molar-refractivity contribution >= 4 is 21.7 Å². The molecule has 0 aliphatic heterocycles. The lowest BCUT2D eigenvalue weighted by molar-refractivity contribution is 0.103. The number of rotatable bonds is 10. The van der Waals surface area contributed by atoms with E-state index in [4.69, 9.17) is 10.3 Å². The Morgan fingerprint density at radius 2 is 1.56 bits per heavy atom. The Morgan fingerprint density at radius 1 is 0.960 bits per heavy atom. The van der Waals surface area contributed by atoms with Crippen LogP contribution in [-0.2, 0) is 0 Å². The fourth-order valence-electron chi connectivity index (χ4n) is 2.34. The number of nitrogens with zero attached hydrogens (tertiary/aromatic N) is 3. The van der Waals surface area contributed by atoms with Crippen molar-refractivity contribution in [3.63, 3.8) is 0 Å². The number of azide groups is 1. The zero-order chi connectivity index (χ0) is 17.9. The standard InChI is InChI=1S/C19H20BrN3O2/c20-17-9-5-15(6-10-17)19(24)16-7-11-18(12-8-16)25-14-4-2-1-3-13-22-23-21/h5-12H,1-4,13-14H2. The first-order valence-electron chi connectivity index (χ1n) is 8.24. The van der Waals surface area contributed by atoms with Crippen LogP contribution in [-0.4, -0.2) is 18.9 Å². The van der Waals surface area contributed by atoms with Crippen LogP contribution in [0, 0.1) is 0 Å². The molecule has 0 aliphatic carbocycles. The van der Waals surface area contributed by atoms with Crippen molar-refractivity contribution in [2.45, 2.75) is 25.7 Å². The highest BCUT2D eigenvalue weighted by atomic mass is 79.9. The van der Waals surface area contributed by atoms with Gasteiger partial charge in [0.1, 0.15) is 5.75 Å². The van der Waals surface area contributed by atoms with Crippen molar-refractivity contribution in [1.82, 2.24) is 0 Å². The molecule has 0 bridgehead atoms. The zero-order valence-electron chi connectivity index (χ0n) is 13.9. The summed E-state index contributed by atoms with van der Waals surface area (Å²) in [5, 5.41) is 3.51. The van der Waals surface area contributed by atoms with Gasteiger partial charge in [-0.3, -0.25) is 4.79 Å². The molecule has 0 saturated carbocycles. The lowest BCUT2D eigenvalue weighted by Crippen LogP contribution is -2.02. The third-order valence-electron chi connectivity index (χ3n) is 3.71. The van der Waals surface area contributed by atoms with E-state index in [-0.39, 0.29) is 5.78 Å². The predicted octanol–water partition coefficient (Wildman–Crippen LogP) is 5.93. The Bertz CT molecular complexity index is 723. The number of ketones is 1. The molecule has 0 aromatic heterocycles. The van der Waals surface area contributed by atoms with E-state index in [0.717, 1.165) is 35.9 Å². The molecule has 2 aromatic carbocycles. The number of carbonyl (C=O) groups excluding carboxylic acids is 1. The van der Waals surface area contributed by atoms with Gasteiger partial charge in [-0.25, -0.2) is 0 Å². The summed E-state index contributed by atoms with van der Waals surface area (Å²) in [6.45, 7) is 1.20. The highest BCUT2D eigenvalue weighted by Gasteiger charge is 2.08. The largest absolute Gasteiger partial charge is 0.494 e. The van der Waals surface area contributed by atoms with Crippen molar-refractivity contribution in [3.8, 4) is 5.75 Å². The molecule has 0 N–H and O–H groups in total. The summed E-state index contributed by atoms with van der Waals surface area (Å²) in [6.07, 6.45) is 3.94. The molecule has 2 rings (SSSR count). The minimum absolute atomic E-state index is 0.000854. The molecular weight excluding hydrogens is 382 g/mol. The van der Waals surface area contributed by atoms with E-state index >= 15 is 0 Å². The number of hydrogen-bond acceptors (Lipinski definition) is 3. The molecule has 2 aromatic rings. The summed E-state index contributed by atoms with van der Waals surface area (Å²) in [6, 6.07) is 14.6. The first-order valence-corrected chi connectivity index (χ1v) is 9.04. The first kappa shape index (κ1) is 19.0. The normalized spacial score (nSPS) is 10.1. The van der Waals surface area contributed by atoms with Crippen LogP contribution < -0.4 is 4.74 Å². The highest BCUT2D eigenvalue weighted by Crippen LogP contribution is 2.17. The van der Waals surface area contributed by atoms with E-state index in [0.29, 0.717) is 24.3 Å². The first-order chi connectivity index (χ1) is 12.2. The molecule has 0 heterocycles. The van der Waals surface area contributed by atoms with Gasteiger partial charge >= 0.3 is 0 Å². The maximum Gasteiger partial charge on any atom is 0.193 e. The minimum Gasteiger partial charge on any atom is -0.494 e. The third-order valence-corrected chi connectivity index (χ3v) is 4.24. The quantitative estimate of drug-likeness (QED) is 0.162. The van der Waals surface area contributed by atoms with Crippen molar-refractivity contribution in [2.75, 3.05) is 13.2 Å². The van der Waals surface area contributed by atoms with E-state index in [2.05, 4.69) is 26.0 Å². The molecule has 0 aliphatic rings. The third kappa shape index (κ3) is 6.61. The summed E-state index contributed by atoms with van der Waals surface area (Å²) in [5.41, 5.74) is 9.49. The molecule has 0 saturated heterocycles. The molecule has 0 radical (unpaired) electrons. The van der Waals surface area contributed by atoms with Gasteiger partial charge in [-0.05, 0) is 66.9 Å². The smallest absolute Gasteiger partial charge is 0.193 e. The predicted molar refractivity (Wildman–Crippen MR) is 102 cm³/mol. The number of ether oxygens (including phenoxy) is 1. The SMILES string of the molecule is [N-]=[N+]=NCCCCCCOc1ccc(C(=O)c2ccc(Br)cc2)cc1. The van der Waals surface area contributed by atoms with E-state index in [1.165, 1.54) is 0 Å². The Balaban J connectivity index is 1.75. The van der Waals surface area contributed by atoms with Crippen molar-refractivity contribution in [3.05, 3.63) is 74.6 Å². The summed E-state index contributed by atoms with van der Waals surface area (Å²) < 4.78 is 6.64. The van der Waals surface area contributed by atoms with Gasteiger partial charge in [-0.15, -0.1) is 0 Å². The summed E-state index contributed by atoms with van der Waals surface area (Å²) >= 11 is 3.36. The maximum absolute atomic E-state index is 12.4. The van der Waals surface area contributed by atoms with Gasteiger partial charge in [-0.1, -0.05) is 33.9 Å². The van der Waals surface area contributed by atoms with E-state index in [9.17, 15) is 4.79 Å². The van der Waals surface area contributed by atoms with Crippen molar-refractivity contribution < 1.29 is 9.53 Å². The monoisotopic (exact) mass is 401 g/mol. The van der Waals surface area contributed by atoms with Crippen LogP contribution in [0.15, 0.2) is 58.1 Å². The van der Waals surface area contributed by atoms with Crippen molar-refractivity contribution in [1.29, 1.82) is 0 Å². The number of halogens is 1. The Hall–Kier alpha value is -2.30. The molecule has 130 valence electrons. The van der Waals surface area contributed by atoms with Crippen LogP contribution >= 0.6 is 15.9 Å². The molecule has 0 spiro atoms. The number of unbranched alkanes of at least 4 members (excludes halogenated alkanes) is 3. The van der Waals surface area contributed by atoms with E-state index in [1.807, 2.05) is 24.3 Å². The van der Waals surface area contributed by atoms with Crippen LogP contribution in [0.3, 0.4) is 0 Å². The summed E-state index contributed by atoms with van der Waals surface area (Å²) in [7, 11) is 0. The van der Waals surface area contributed by atoms with E-state index in [1.54, 1.807) is 24.3 Å². The second-order valence-corrected chi connectivity index (χ2v) is 6.49. The molecule has 5 nitrogen and oxygen atoms in total. The average Bonchev–Trinajstić information content (AvgIpc) is 2.64. The van der Waals surface area contributed by atoms with Gasteiger partial charge in [-0.2, -0.15) is 0 Å². The molecule has 0 unspecified atom stereocenters. The molecule has 0 fully saturated rings. The fraction of sp³-hybridized carbons (Fsp3) is 0.316. The van der Waals surface area contributed by atoms with Gasteiger partial charge < -0.3 is 4.74 Å². The van der Waals surface area contributed by atoms with Crippen LogP contribution in [0.5, 0.6) is 5.75 Å². The summed E-state index contributed by atoms with van der Waals surface area (Å²) in [4.78, 5) is 15.1. The second kappa shape index (κ2) is 10.5. The average molecular weight is 402 g/mol. The van der Waals surface area contributed by atoms with Gasteiger partial charge in [0.15, 0.2) is 5.78 Å². The van der Waals surface area contributed by atoms with Crippen LogP contribution in [0.1, 0.15) is 41.6 Å². The van der Waals surface area contributed by atoms with E-state index < -0.39 is 0 Å². The molecule has 25 heavy (non-hydrogen) atoms. The lowest BCUT2D eigenvalue weighted by Gasteiger charge is -2.07. The van der Waals surface area contributed by atoms with Crippen LogP contribution in [0.4, 0.5) is 0 Å². The van der Waals surface area contributed by atoms with Gasteiger partial charge in [0, 0.05) is 27.1 Å². The van der Waals surface area contributed by atoms with Gasteiger partial charge in [0.05, 0.1) is 6.61 Å². The van der Waals surface area contributed by atoms with Crippen molar-refractivity contribution in [2.24, 2.45) is 5.11 Å². The minimum atomic E-state index is -0.000854. The van der Waals surface area contributed by atoms with Crippen LogP contribution in [0.2, 0.25) is 0 Å². The zero-order valence-corrected chi connectivity index (χ0v) is 15.5. The Kier molecular flexibility index (Phi) is 8.02.